The van der Waals surface area contributed by atoms with Crippen LogP contribution in [-0.4, -0.2) is 20.8 Å². The fourth-order valence-electron chi connectivity index (χ4n) is 2.00. The summed E-state index contributed by atoms with van der Waals surface area (Å²) < 4.78 is 2.21. The lowest BCUT2D eigenvalue weighted by Crippen LogP contribution is -2.23. The van der Waals surface area contributed by atoms with Gasteiger partial charge in [0.1, 0.15) is 5.82 Å². The Labute approximate surface area is 89.1 Å². The van der Waals surface area contributed by atoms with Crippen LogP contribution >= 0.6 is 0 Å². The van der Waals surface area contributed by atoms with E-state index in [9.17, 15) is 0 Å². The highest BCUT2D eigenvalue weighted by Crippen LogP contribution is 2.35. The highest BCUT2D eigenvalue weighted by Gasteiger charge is 2.28. The normalized spacial score (nSPS) is 21.4. The number of hydrogen-bond donors (Lipinski definition) is 2. The summed E-state index contributed by atoms with van der Waals surface area (Å²) in [6, 6.07) is 1.21. The fourth-order valence-corrected chi connectivity index (χ4v) is 2.00. The van der Waals surface area contributed by atoms with Crippen LogP contribution in [0.3, 0.4) is 0 Å². The molecule has 2 fully saturated rings. The molecule has 1 heterocycles. The maximum absolute atomic E-state index is 5.68. The fraction of sp³-hybridized carbons (Fsp3) is 0.800. The van der Waals surface area contributed by atoms with Crippen molar-refractivity contribution in [3.63, 3.8) is 0 Å². The van der Waals surface area contributed by atoms with E-state index in [0.29, 0.717) is 18.6 Å². The second kappa shape index (κ2) is 3.48. The number of nitrogens with two attached hydrogens (primary N) is 1. The van der Waals surface area contributed by atoms with Gasteiger partial charge in [-0.05, 0) is 32.1 Å². The number of aromatic nitrogens is 3. The molecule has 0 aromatic carbocycles. The molecule has 3 rings (SSSR count). The van der Waals surface area contributed by atoms with Crippen molar-refractivity contribution in [1.29, 1.82) is 0 Å². The number of rotatable bonds is 4. The average molecular weight is 207 g/mol. The minimum atomic E-state index is 0.482. The molecule has 3 N–H and O–H groups in total. The van der Waals surface area contributed by atoms with Gasteiger partial charge in [0.15, 0.2) is 0 Å². The van der Waals surface area contributed by atoms with Crippen LogP contribution in [0, 0.1) is 0 Å². The van der Waals surface area contributed by atoms with Gasteiger partial charge in [0.2, 0.25) is 5.95 Å². The molecule has 2 aliphatic rings. The molecule has 0 atom stereocenters. The van der Waals surface area contributed by atoms with Crippen LogP contribution in [0.5, 0.6) is 0 Å². The minimum absolute atomic E-state index is 0.482. The standard InChI is InChI=1S/C10H17N5/c11-6-9-13-14-10(12-7-4-5-7)15(9)8-2-1-3-8/h7-8H,1-6,11H2,(H,12,14). The number of nitrogens with one attached hydrogen (secondary N) is 1. The lowest BCUT2D eigenvalue weighted by Gasteiger charge is -2.29. The van der Waals surface area contributed by atoms with Crippen LogP contribution in [0.4, 0.5) is 5.95 Å². The van der Waals surface area contributed by atoms with Crippen molar-refractivity contribution in [2.24, 2.45) is 5.73 Å². The largest absolute Gasteiger partial charge is 0.352 e. The summed E-state index contributed by atoms with van der Waals surface area (Å²) in [4.78, 5) is 0. The third-order valence-corrected chi connectivity index (χ3v) is 3.30. The Kier molecular flexibility index (Phi) is 2.12. The van der Waals surface area contributed by atoms with Gasteiger partial charge in [-0.3, -0.25) is 4.57 Å². The van der Waals surface area contributed by atoms with E-state index in [4.69, 9.17) is 5.73 Å². The Morgan fingerprint density at radius 2 is 2.07 bits per heavy atom. The van der Waals surface area contributed by atoms with E-state index in [1.54, 1.807) is 0 Å². The van der Waals surface area contributed by atoms with Crippen molar-refractivity contribution in [3.05, 3.63) is 5.82 Å². The SMILES string of the molecule is NCc1nnc(NC2CC2)n1C1CCC1. The molecule has 15 heavy (non-hydrogen) atoms. The Morgan fingerprint density at radius 3 is 2.60 bits per heavy atom. The molecule has 5 nitrogen and oxygen atoms in total. The van der Waals surface area contributed by atoms with Gasteiger partial charge in [-0.2, -0.15) is 0 Å². The summed E-state index contributed by atoms with van der Waals surface area (Å²) in [5, 5.41) is 11.8. The molecule has 2 saturated carbocycles. The summed E-state index contributed by atoms with van der Waals surface area (Å²) in [7, 11) is 0. The maximum Gasteiger partial charge on any atom is 0.225 e. The number of nitrogens with zero attached hydrogens (tertiary/aromatic N) is 3. The van der Waals surface area contributed by atoms with Crippen molar-refractivity contribution in [2.45, 2.75) is 50.7 Å². The first-order valence-corrected chi connectivity index (χ1v) is 5.79. The van der Waals surface area contributed by atoms with Gasteiger partial charge in [0, 0.05) is 12.1 Å². The Morgan fingerprint density at radius 1 is 1.27 bits per heavy atom. The zero-order valence-electron chi connectivity index (χ0n) is 8.82. The summed E-state index contributed by atoms with van der Waals surface area (Å²) >= 11 is 0. The first-order valence-electron chi connectivity index (χ1n) is 5.79. The molecule has 0 saturated heterocycles. The summed E-state index contributed by atoms with van der Waals surface area (Å²) in [5.74, 6) is 1.85. The Hall–Kier alpha value is -1.10. The van der Waals surface area contributed by atoms with Gasteiger partial charge in [0.05, 0.1) is 6.54 Å². The van der Waals surface area contributed by atoms with Crippen LogP contribution in [0.25, 0.3) is 0 Å². The molecule has 0 amide bonds. The van der Waals surface area contributed by atoms with Gasteiger partial charge in [0.25, 0.3) is 0 Å². The van der Waals surface area contributed by atoms with E-state index >= 15 is 0 Å². The predicted octanol–water partition coefficient (Wildman–Crippen LogP) is 1.04. The van der Waals surface area contributed by atoms with E-state index in [0.717, 1.165) is 11.8 Å². The van der Waals surface area contributed by atoms with Gasteiger partial charge in [-0.1, -0.05) is 0 Å². The Bertz CT molecular complexity index is 351. The smallest absolute Gasteiger partial charge is 0.225 e. The Balaban J connectivity index is 1.86. The third-order valence-electron chi connectivity index (χ3n) is 3.30. The number of hydrogen-bond acceptors (Lipinski definition) is 4. The first-order chi connectivity index (χ1) is 7.38. The number of anilines is 1. The second-order valence-electron chi connectivity index (χ2n) is 4.52. The molecule has 0 bridgehead atoms. The molecule has 0 unspecified atom stereocenters. The van der Waals surface area contributed by atoms with Crippen LogP contribution in [0.2, 0.25) is 0 Å². The summed E-state index contributed by atoms with van der Waals surface area (Å²) in [6.45, 7) is 0.482. The van der Waals surface area contributed by atoms with E-state index in [-0.39, 0.29) is 0 Å². The highest BCUT2D eigenvalue weighted by molar-refractivity contribution is 5.31. The molecule has 0 radical (unpaired) electrons. The van der Waals surface area contributed by atoms with Crippen LogP contribution in [-0.2, 0) is 6.54 Å². The summed E-state index contributed by atoms with van der Waals surface area (Å²) in [6.07, 6.45) is 6.31. The van der Waals surface area contributed by atoms with Crippen molar-refractivity contribution >= 4 is 5.95 Å². The van der Waals surface area contributed by atoms with Crippen molar-refractivity contribution in [3.8, 4) is 0 Å². The molecular weight excluding hydrogens is 190 g/mol. The molecular formula is C10H17N5. The lowest BCUT2D eigenvalue weighted by molar-refractivity contribution is 0.308. The van der Waals surface area contributed by atoms with Gasteiger partial charge < -0.3 is 11.1 Å². The van der Waals surface area contributed by atoms with E-state index in [2.05, 4.69) is 20.1 Å². The quantitative estimate of drug-likeness (QED) is 0.774. The lowest BCUT2D eigenvalue weighted by atomic mass is 9.93. The molecule has 0 aliphatic heterocycles. The topological polar surface area (TPSA) is 68.8 Å². The third kappa shape index (κ3) is 1.61. The van der Waals surface area contributed by atoms with Crippen molar-refractivity contribution in [2.75, 3.05) is 5.32 Å². The predicted molar refractivity (Wildman–Crippen MR) is 57.4 cm³/mol. The molecule has 2 aliphatic carbocycles. The van der Waals surface area contributed by atoms with Crippen LogP contribution in [0.1, 0.15) is 44.0 Å². The van der Waals surface area contributed by atoms with Crippen molar-refractivity contribution in [1.82, 2.24) is 14.8 Å². The first kappa shape index (κ1) is 9.15. The summed E-state index contributed by atoms with van der Waals surface area (Å²) in [5.41, 5.74) is 5.68. The van der Waals surface area contributed by atoms with Gasteiger partial charge >= 0.3 is 0 Å². The highest BCUT2D eigenvalue weighted by atomic mass is 15.4. The molecule has 5 heteroatoms. The van der Waals surface area contributed by atoms with Gasteiger partial charge in [-0.25, -0.2) is 0 Å². The zero-order valence-corrected chi connectivity index (χ0v) is 8.82. The average Bonchev–Trinajstić information content (AvgIpc) is 2.88. The zero-order chi connectivity index (χ0) is 10.3. The van der Waals surface area contributed by atoms with Crippen molar-refractivity contribution < 1.29 is 0 Å². The van der Waals surface area contributed by atoms with E-state index in [1.165, 1.54) is 32.1 Å². The molecule has 1 aromatic heterocycles. The van der Waals surface area contributed by atoms with E-state index in [1.807, 2.05) is 0 Å². The molecule has 0 spiro atoms. The second-order valence-corrected chi connectivity index (χ2v) is 4.52. The van der Waals surface area contributed by atoms with Crippen LogP contribution < -0.4 is 11.1 Å². The molecule has 1 aromatic rings. The van der Waals surface area contributed by atoms with E-state index < -0.39 is 0 Å². The van der Waals surface area contributed by atoms with Crippen LogP contribution in [0.15, 0.2) is 0 Å². The monoisotopic (exact) mass is 207 g/mol. The maximum atomic E-state index is 5.68. The van der Waals surface area contributed by atoms with Gasteiger partial charge in [-0.15, -0.1) is 10.2 Å². The molecule has 82 valence electrons. The minimum Gasteiger partial charge on any atom is -0.352 e.